The maximum atomic E-state index is 13.5. The first-order chi connectivity index (χ1) is 16.5. The molecule has 34 heavy (non-hydrogen) atoms. The van der Waals surface area contributed by atoms with Gasteiger partial charge in [-0.25, -0.2) is 4.79 Å². The molecule has 0 amide bonds. The van der Waals surface area contributed by atoms with Crippen molar-refractivity contribution in [2.75, 3.05) is 6.61 Å². The Bertz CT molecular complexity index is 1060. The van der Waals surface area contributed by atoms with Gasteiger partial charge in [-0.15, -0.1) is 0 Å². The number of esters is 2. The average Bonchev–Trinajstić information content (AvgIpc) is 2.88. The van der Waals surface area contributed by atoms with Crippen LogP contribution < -0.4 is 15.9 Å². The Kier molecular flexibility index (Phi) is 9.12. The van der Waals surface area contributed by atoms with E-state index < -0.39 is 37.8 Å². The maximum absolute atomic E-state index is 13.5. The van der Waals surface area contributed by atoms with Gasteiger partial charge in [0.2, 0.25) is 0 Å². The minimum absolute atomic E-state index is 0.209. The number of hydrogen-bond acceptors (Lipinski definition) is 5. The lowest BCUT2D eigenvalue weighted by atomic mass is 9.94. The van der Waals surface area contributed by atoms with E-state index in [1.807, 2.05) is 48.5 Å². The van der Waals surface area contributed by atoms with Crippen LogP contribution in [0.5, 0.6) is 0 Å². The van der Waals surface area contributed by atoms with Gasteiger partial charge in [0, 0.05) is 5.92 Å². The third-order valence-electron chi connectivity index (χ3n) is 5.52. The summed E-state index contributed by atoms with van der Waals surface area (Å²) in [7, 11) is -1.04. The number of aldehydes is 1. The number of ether oxygens (including phenoxy) is 2. The molecule has 5 nitrogen and oxygen atoms in total. The van der Waals surface area contributed by atoms with Gasteiger partial charge in [-0.05, 0) is 43.7 Å². The van der Waals surface area contributed by atoms with Crippen molar-refractivity contribution in [2.45, 2.75) is 26.9 Å². The Morgan fingerprint density at radius 3 is 1.91 bits per heavy atom. The Morgan fingerprint density at radius 2 is 1.38 bits per heavy atom. The van der Waals surface area contributed by atoms with Gasteiger partial charge in [-0.2, -0.15) is 0 Å². The highest BCUT2D eigenvalue weighted by atomic mass is 31.1. The van der Waals surface area contributed by atoms with E-state index in [4.69, 9.17) is 9.47 Å². The quantitative estimate of drug-likeness (QED) is 0.251. The summed E-state index contributed by atoms with van der Waals surface area (Å²) in [5.74, 6) is -2.51. The predicted molar refractivity (Wildman–Crippen MR) is 135 cm³/mol. The first-order valence-corrected chi connectivity index (χ1v) is 12.6. The highest BCUT2D eigenvalue weighted by Gasteiger charge is 2.34. The average molecular weight is 477 g/mol. The Morgan fingerprint density at radius 1 is 0.853 bits per heavy atom. The molecule has 0 aliphatic heterocycles. The Hall–Kier alpha value is -3.30. The molecule has 0 aliphatic carbocycles. The molecule has 176 valence electrons. The number of hydrogen-bond donors (Lipinski definition) is 0. The lowest BCUT2D eigenvalue weighted by Crippen LogP contribution is -2.38. The van der Waals surface area contributed by atoms with Gasteiger partial charge in [-0.1, -0.05) is 85.8 Å². The summed E-state index contributed by atoms with van der Waals surface area (Å²) in [5.41, 5.74) is 0.417. The second-order valence-corrected chi connectivity index (χ2v) is 10.1. The SMILES string of the molecule is CCOC(=O)[C@@H](C)[C@@H](OC(=O)c1ccccc1P(c1ccccc1)c1ccccc1)[C@@H](C)C=O. The predicted octanol–water partition coefficient (Wildman–Crippen LogP) is 4.00. The van der Waals surface area contributed by atoms with Gasteiger partial charge in [-0.3, -0.25) is 4.79 Å². The van der Waals surface area contributed by atoms with E-state index in [1.165, 1.54) is 0 Å². The summed E-state index contributed by atoms with van der Waals surface area (Å²) in [6.07, 6.45) is -0.239. The minimum atomic E-state index is -1.04. The first kappa shape index (κ1) is 25.3. The molecule has 3 rings (SSSR count). The summed E-state index contributed by atoms with van der Waals surface area (Å²) in [6.45, 7) is 5.16. The topological polar surface area (TPSA) is 69.7 Å². The monoisotopic (exact) mass is 476 g/mol. The highest BCUT2D eigenvalue weighted by Crippen LogP contribution is 2.34. The number of benzene rings is 3. The second kappa shape index (κ2) is 12.2. The smallest absolute Gasteiger partial charge is 0.339 e. The fourth-order valence-corrected chi connectivity index (χ4v) is 6.20. The van der Waals surface area contributed by atoms with Gasteiger partial charge in [0.05, 0.1) is 18.1 Å². The van der Waals surface area contributed by atoms with Crippen LogP contribution in [0.4, 0.5) is 0 Å². The molecule has 0 fully saturated rings. The lowest BCUT2D eigenvalue weighted by Gasteiger charge is -2.27. The fourth-order valence-electron chi connectivity index (χ4n) is 3.76. The van der Waals surface area contributed by atoms with Crippen LogP contribution in [0.1, 0.15) is 31.1 Å². The second-order valence-electron chi connectivity index (χ2n) is 7.93. The molecule has 0 aliphatic rings. The maximum Gasteiger partial charge on any atom is 0.339 e. The van der Waals surface area contributed by atoms with Crippen LogP contribution in [0.15, 0.2) is 84.9 Å². The van der Waals surface area contributed by atoms with Crippen LogP contribution in [-0.4, -0.2) is 30.9 Å². The summed E-state index contributed by atoms with van der Waals surface area (Å²) < 4.78 is 10.9. The van der Waals surface area contributed by atoms with Crippen molar-refractivity contribution in [1.82, 2.24) is 0 Å². The summed E-state index contributed by atoms with van der Waals surface area (Å²) >= 11 is 0. The van der Waals surface area contributed by atoms with Crippen molar-refractivity contribution in [3.05, 3.63) is 90.5 Å². The van der Waals surface area contributed by atoms with Crippen molar-refractivity contribution in [2.24, 2.45) is 11.8 Å². The molecule has 3 atom stereocenters. The van der Waals surface area contributed by atoms with Crippen molar-refractivity contribution >= 4 is 42.1 Å². The van der Waals surface area contributed by atoms with Gasteiger partial charge in [0.1, 0.15) is 12.4 Å². The molecule has 6 heteroatoms. The van der Waals surface area contributed by atoms with Crippen LogP contribution in [0.3, 0.4) is 0 Å². The molecule has 0 saturated heterocycles. The molecule has 3 aromatic carbocycles. The number of carbonyl (C=O) groups excluding carboxylic acids is 3. The summed E-state index contributed by atoms with van der Waals surface area (Å²) in [6, 6.07) is 27.4. The molecule has 0 aromatic heterocycles. The molecular weight excluding hydrogens is 447 g/mol. The molecule has 0 bridgehead atoms. The molecular formula is C28H29O5P. The van der Waals surface area contributed by atoms with Gasteiger partial charge in [0.15, 0.2) is 0 Å². The third kappa shape index (κ3) is 5.98. The van der Waals surface area contributed by atoms with Crippen LogP contribution in [-0.2, 0) is 19.1 Å². The first-order valence-electron chi connectivity index (χ1n) is 11.3. The largest absolute Gasteiger partial charge is 0.466 e. The third-order valence-corrected chi connectivity index (χ3v) is 8.02. The van der Waals surface area contributed by atoms with Gasteiger partial charge < -0.3 is 14.3 Å². The molecule has 0 spiro atoms. The van der Waals surface area contributed by atoms with Crippen molar-refractivity contribution in [1.29, 1.82) is 0 Å². The molecule has 0 radical (unpaired) electrons. The van der Waals surface area contributed by atoms with Crippen molar-refractivity contribution < 1.29 is 23.9 Å². The van der Waals surface area contributed by atoms with Crippen LogP contribution in [0.2, 0.25) is 0 Å². The zero-order valence-corrected chi connectivity index (χ0v) is 20.5. The van der Waals surface area contributed by atoms with Crippen LogP contribution in [0.25, 0.3) is 0 Å². The molecule has 0 saturated carbocycles. The zero-order chi connectivity index (χ0) is 24.5. The lowest BCUT2D eigenvalue weighted by molar-refractivity contribution is -0.152. The highest BCUT2D eigenvalue weighted by molar-refractivity contribution is 7.80. The van der Waals surface area contributed by atoms with E-state index in [2.05, 4.69) is 24.3 Å². The van der Waals surface area contributed by atoms with Crippen LogP contribution >= 0.6 is 7.92 Å². The molecule has 0 unspecified atom stereocenters. The summed E-state index contributed by atoms with van der Waals surface area (Å²) in [4.78, 5) is 37.4. The number of carbonyl (C=O) groups is 3. The van der Waals surface area contributed by atoms with E-state index in [9.17, 15) is 14.4 Å². The molecule has 0 N–H and O–H groups in total. The minimum Gasteiger partial charge on any atom is -0.466 e. The van der Waals surface area contributed by atoms with E-state index in [0.29, 0.717) is 11.8 Å². The van der Waals surface area contributed by atoms with E-state index >= 15 is 0 Å². The normalized spacial score (nSPS) is 13.5. The Labute approximate surface area is 201 Å². The van der Waals surface area contributed by atoms with Crippen molar-refractivity contribution in [3.8, 4) is 0 Å². The van der Waals surface area contributed by atoms with Gasteiger partial charge >= 0.3 is 11.9 Å². The zero-order valence-electron chi connectivity index (χ0n) is 19.6. The molecule has 0 heterocycles. The van der Waals surface area contributed by atoms with Crippen molar-refractivity contribution in [3.63, 3.8) is 0 Å². The standard InChI is InChI=1S/C28H29O5P/c1-4-32-27(30)21(3)26(20(2)19-29)33-28(31)24-17-11-12-18-25(24)34(22-13-7-5-8-14-22)23-15-9-6-10-16-23/h5-21,26H,4H2,1-3H3/t20-,21-,26-/m0/s1. The van der Waals surface area contributed by atoms with Gasteiger partial charge in [0.25, 0.3) is 0 Å². The fraction of sp³-hybridized carbons (Fsp3) is 0.250. The van der Waals surface area contributed by atoms with Crippen LogP contribution in [0, 0.1) is 11.8 Å². The Balaban J connectivity index is 2.02. The summed E-state index contributed by atoms with van der Waals surface area (Å²) in [5, 5.41) is 3.05. The van der Waals surface area contributed by atoms with E-state index in [1.54, 1.807) is 32.9 Å². The molecule has 3 aromatic rings. The number of rotatable bonds is 10. The van der Waals surface area contributed by atoms with E-state index in [-0.39, 0.29) is 6.61 Å². The van der Waals surface area contributed by atoms with E-state index in [0.717, 1.165) is 15.9 Å².